The van der Waals surface area contributed by atoms with Gasteiger partial charge in [0.25, 0.3) is 5.91 Å². The first-order valence-corrected chi connectivity index (χ1v) is 7.82. The molecule has 0 spiro atoms. The molecule has 6 heteroatoms. The minimum atomic E-state index is -0.298. The van der Waals surface area contributed by atoms with Crippen molar-refractivity contribution in [3.63, 3.8) is 0 Å². The van der Waals surface area contributed by atoms with E-state index in [2.05, 4.69) is 5.32 Å². The predicted molar refractivity (Wildman–Crippen MR) is 91.6 cm³/mol. The number of amides is 1. The molecule has 1 amide bonds. The molecule has 0 fully saturated rings. The van der Waals surface area contributed by atoms with Gasteiger partial charge in [-0.3, -0.25) is 9.59 Å². The van der Waals surface area contributed by atoms with E-state index in [1.54, 1.807) is 30.3 Å². The highest BCUT2D eigenvalue weighted by molar-refractivity contribution is 5.94. The molecule has 0 bridgehead atoms. The van der Waals surface area contributed by atoms with Crippen LogP contribution in [-0.4, -0.2) is 32.0 Å². The number of carbonyl (C=O) groups excluding carboxylic acids is 2. The van der Waals surface area contributed by atoms with Crippen LogP contribution in [0.1, 0.15) is 22.8 Å². The van der Waals surface area contributed by atoms with E-state index in [0.29, 0.717) is 30.0 Å². The predicted octanol–water partition coefficient (Wildman–Crippen LogP) is 2.77. The first kappa shape index (κ1) is 18.4. The number of ether oxygens (including phenoxy) is 2. The summed E-state index contributed by atoms with van der Waals surface area (Å²) in [7, 11) is 1.46. The Morgan fingerprint density at radius 2 is 1.92 bits per heavy atom. The van der Waals surface area contributed by atoms with Crippen molar-refractivity contribution >= 4 is 11.7 Å². The highest BCUT2D eigenvalue weighted by atomic mass is 19.1. The third-order valence-electron chi connectivity index (χ3n) is 3.55. The second-order valence-electron chi connectivity index (χ2n) is 5.44. The van der Waals surface area contributed by atoms with Crippen LogP contribution in [0.4, 0.5) is 4.39 Å². The van der Waals surface area contributed by atoms with Gasteiger partial charge in [-0.25, -0.2) is 4.39 Å². The van der Waals surface area contributed by atoms with Crippen LogP contribution in [0, 0.1) is 5.82 Å². The highest BCUT2D eigenvalue weighted by Gasteiger charge is 2.10. The molecule has 0 heterocycles. The highest BCUT2D eigenvalue weighted by Crippen LogP contribution is 2.28. The van der Waals surface area contributed by atoms with Gasteiger partial charge in [-0.15, -0.1) is 0 Å². The van der Waals surface area contributed by atoms with Gasteiger partial charge in [0, 0.05) is 12.1 Å². The van der Waals surface area contributed by atoms with E-state index in [1.807, 2.05) is 0 Å². The third-order valence-corrected chi connectivity index (χ3v) is 3.55. The molecular weight excluding hydrogens is 325 g/mol. The summed E-state index contributed by atoms with van der Waals surface area (Å²) >= 11 is 0. The Labute approximate surface area is 145 Å². The van der Waals surface area contributed by atoms with E-state index in [-0.39, 0.29) is 24.1 Å². The smallest absolute Gasteiger partial charge is 0.257 e. The van der Waals surface area contributed by atoms with E-state index in [9.17, 15) is 14.0 Å². The minimum absolute atomic E-state index is 0.0834. The molecule has 2 aromatic rings. The molecule has 0 saturated heterocycles. The molecule has 0 aliphatic heterocycles. The number of Topliss-reactive ketones (excluding diaryl/α,β-unsaturated/α-hetero) is 1. The number of hydrogen-bond donors (Lipinski definition) is 1. The third kappa shape index (κ3) is 5.60. The van der Waals surface area contributed by atoms with Crippen LogP contribution in [0.5, 0.6) is 11.5 Å². The van der Waals surface area contributed by atoms with E-state index in [1.165, 1.54) is 26.2 Å². The number of halogens is 1. The molecule has 5 nitrogen and oxygen atoms in total. The first-order chi connectivity index (χ1) is 12.0. The maximum absolute atomic E-state index is 13.1. The molecule has 132 valence electrons. The topological polar surface area (TPSA) is 64.6 Å². The molecule has 0 atom stereocenters. The lowest BCUT2D eigenvalue weighted by Crippen LogP contribution is -2.30. The average Bonchev–Trinajstić information content (AvgIpc) is 2.59. The molecule has 25 heavy (non-hydrogen) atoms. The van der Waals surface area contributed by atoms with Crippen LogP contribution < -0.4 is 14.8 Å². The fraction of sp³-hybridized carbons (Fsp3) is 0.263. The van der Waals surface area contributed by atoms with E-state index in [0.717, 1.165) is 5.56 Å². The van der Waals surface area contributed by atoms with Crippen LogP contribution >= 0.6 is 0 Å². The zero-order chi connectivity index (χ0) is 18.2. The lowest BCUT2D eigenvalue weighted by Gasteiger charge is -2.11. The van der Waals surface area contributed by atoms with Crippen molar-refractivity contribution in [2.45, 2.75) is 13.3 Å². The van der Waals surface area contributed by atoms with Gasteiger partial charge in [0.1, 0.15) is 5.82 Å². The van der Waals surface area contributed by atoms with Crippen LogP contribution in [0.2, 0.25) is 0 Å². The molecule has 2 rings (SSSR count). The number of carbonyl (C=O) groups is 2. The van der Waals surface area contributed by atoms with Gasteiger partial charge in [0.15, 0.2) is 23.9 Å². The van der Waals surface area contributed by atoms with Crippen LogP contribution in [0.3, 0.4) is 0 Å². The fourth-order valence-corrected chi connectivity index (χ4v) is 2.24. The van der Waals surface area contributed by atoms with Gasteiger partial charge < -0.3 is 14.8 Å². The van der Waals surface area contributed by atoms with Crippen LogP contribution in [0.15, 0.2) is 42.5 Å². The van der Waals surface area contributed by atoms with Gasteiger partial charge >= 0.3 is 0 Å². The van der Waals surface area contributed by atoms with E-state index >= 15 is 0 Å². The average molecular weight is 345 g/mol. The summed E-state index contributed by atoms with van der Waals surface area (Å²) in [5.74, 6) is 0.0929. The second-order valence-corrected chi connectivity index (χ2v) is 5.44. The van der Waals surface area contributed by atoms with Crippen molar-refractivity contribution in [1.29, 1.82) is 0 Å². The number of methoxy groups -OCH3 is 1. The molecule has 2 aromatic carbocycles. The van der Waals surface area contributed by atoms with Crippen LogP contribution in [-0.2, 0) is 11.2 Å². The largest absolute Gasteiger partial charge is 0.493 e. The quantitative estimate of drug-likeness (QED) is 0.747. The molecule has 0 unspecified atom stereocenters. The summed E-state index contributed by atoms with van der Waals surface area (Å²) in [5, 5.41) is 2.71. The number of ketones is 1. The number of rotatable bonds is 8. The molecule has 0 saturated carbocycles. The Morgan fingerprint density at radius 1 is 1.12 bits per heavy atom. The van der Waals surface area contributed by atoms with Crippen molar-refractivity contribution in [2.75, 3.05) is 20.3 Å². The fourth-order valence-electron chi connectivity index (χ4n) is 2.24. The van der Waals surface area contributed by atoms with E-state index < -0.39 is 0 Å². The van der Waals surface area contributed by atoms with Gasteiger partial charge in [0.2, 0.25) is 0 Å². The maximum atomic E-state index is 13.1. The normalized spacial score (nSPS) is 10.2. The van der Waals surface area contributed by atoms with E-state index in [4.69, 9.17) is 9.47 Å². The molecule has 0 aliphatic carbocycles. The Bertz CT molecular complexity index is 761. The minimum Gasteiger partial charge on any atom is -0.493 e. The van der Waals surface area contributed by atoms with Crippen molar-refractivity contribution in [1.82, 2.24) is 5.32 Å². The summed E-state index contributed by atoms with van der Waals surface area (Å²) in [5.41, 5.74) is 1.31. The summed E-state index contributed by atoms with van der Waals surface area (Å²) in [4.78, 5) is 23.2. The molecule has 0 aromatic heterocycles. The lowest BCUT2D eigenvalue weighted by atomic mass is 10.1. The Morgan fingerprint density at radius 3 is 2.60 bits per heavy atom. The van der Waals surface area contributed by atoms with Crippen LogP contribution in [0.25, 0.3) is 0 Å². The molecule has 1 N–H and O–H groups in total. The Kier molecular flexibility index (Phi) is 6.51. The number of nitrogens with one attached hydrogen (secondary N) is 1. The molecule has 0 aliphatic rings. The van der Waals surface area contributed by atoms with Gasteiger partial charge in [-0.05, 0) is 49.2 Å². The van der Waals surface area contributed by atoms with Gasteiger partial charge in [0.05, 0.1) is 7.11 Å². The van der Waals surface area contributed by atoms with Crippen molar-refractivity contribution in [3.8, 4) is 11.5 Å². The van der Waals surface area contributed by atoms with Crippen molar-refractivity contribution in [3.05, 3.63) is 59.4 Å². The van der Waals surface area contributed by atoms with Gasteiger partial charge in [-0.1, -0.05) is 12.1 Å². The zero-order valence-corrected chi connectivity index (χ0v) is 14.2. The maximum Gasteiger partial charge on any atom is 0.257 e. The van der Waals surface area contributed by atoms with Gasteiger partial charge in [-0.2, -0.15) is 0 Å². The summed E-state index contributed by atoms with van der Waals surface area (Å²) in [6.45, 7) is 1.66. The lowest BCUT2D eigenvalue weighted by molar-refractivity contribution is -0.123. The Balaban J connectivity index is 1.82. The molecule has 0 radical (unpaired) electrons. The number of hydrogen-bond acceptors (Lipinski definition) is 4. The first-order valence-electron chi connectivity index (χ1n) is 7.82. The second kappa shape index (κ2) is 8.82. The summed E-state index contributed by atoms with van der Waals surface area (Å²) < 4.78 is 23.7. The van der Waals surface area contributed by atoms with Crippen molar-refractivity contribution in [2.24, 2.45) is 0 Å². The zero-order valence-electron chi connectivity index (χ0n) is 14.2. The summed E-state index contributed by atoms with van der Waals surface area (Å²) in [6, 6.07) is 11.0. The summed E-state index contributed by atoms with van der Waals surface area (Å²) in [6.07, 6.45) is 0.528. The monoisotopic (exact) mass is 345 g/mol. The standard InChI is InChI=1S/C19H20FNO4/c1-13(22)15-6-7-17(18(11-15)24-2)25-12-19(23)21-9-8-14-4-3-5-16(20)10-14/h3-7,10-11H,8-9,12H2,1-2H3,(H,21,23). The SMILES string of the molecule is COc1cc(C(C)=O)ccc1OCC(=O)NCCc1cccc(F)c1. The Hall–Kier alpha value is -2.89. The molecular formula is C19H20FNO4. The van der Waals surface area contributed by atoms with Crippen molar-refractivity contribution < 1.29 is 23.5 Å². The number of benzene rings is 2.